The highest BCUT2D eigenvalue weighted by Gasteiger charge is 2.31. The highest BCUT2D eigenvalue weighted by molar-refractivity contribution is 5.66. The van der Waals surface area contributed by atoms with Crippen LogP contribution in [0.4, 0.5) is 13.2 Å². The van der Waals surface area contributed by atoms with Crippen molar-refractivity contribution >= 4 is 5.97 Å². The second-order valence-corrected chi connectivity index (χ2v) is 7.84. The highest BCUT2D eigenvalue weighted by atomic mass is 19.4. The van der Waals surface area contributed by atoms with Crippen molar-refractivity contribution in [1.82, 2.24) is 14.9 Å². The van der Waals surface area contributed by atoms with Gasteiger partial charge in [0.2, 0.25) is 0 Å². The average Bonchev–Trinajstić information content (AvgIpc) is 2.81. The number of carboxylic acids is 1. The fraction of sp³-hybridized carbons (Fsp3) is 0.292. The van der Waals surface area contributed by atoms with Gasteiger partial charge in [-0.1, -0.05) is 12.1 Å². The summed E-state index contributed by atoms with van der Waals surface area (Å²) < 4.78 is 46.3. The standard InChI is InChI=1S/C24H22F3N3O4/c25-24(26,27)34-20-5-1-16(2-6-20)15-33-19-7-3-17(4-8-19)23-28-13-18-14-30(12-10-22(31)32)11-9-21(18)29-23/h1-8,13H,9-12,14-15H2,(H,31,32). The van der Waals surface area contributed by atoms with Crippen molar-refractivity contribution in [1.29, 1.82) is 0 Å². The van der Waals surface area contributed by atoms with Crippen molar-refractivity contribution in [2.45, 2.75) is 32.4 Å². The summed E-state index contributed by atoms with van der Waals surface area (Å²) in [4.78, 5) is 22.0. The van der Waals surface area contributed by atoms with Crippen molar-refractivity contribution in [3.8, 4) is 22.9 Å². The molecule has 0 spiro atoms. The maximum absolute atomic E-state index is 12.2. The fourth-order valence-electron chi connectivity index (χ4n) is 3.61. The molecule has 1 N–H and O–H groups in total. The highest BCUT2D eigenvalue weighted by Crippen LogP contribution is 2.25. The lowest BCUT2D eigenvalue weighted by atomic mass is 10.1. The Morgan fingerprint density at radius 1 is 1.06 bits per heavy atom. The van der Waals surface area contributed by atoms with Gasteiger partial charge in [0.1, 0.15) is 18.1 Å². The van der Waals surface area contributed by atoms with Crippen molar-refractivity contribution in [3.05, 3.63) is 71.5 Å². The number of halogens is 3. The van der Waals surface area contributed by atoms with E-state index in [1.807, 2.05) is 12.1 Å². The first-order chi connectivity index (χ1) is 16.2. The number of benzene rings is 2. The molecule has 0 saturated carbocycles. The molecule has 4 rings (SSSR count). The van der Waals surface area contributed by atoms with Crippen molar-refractivity contribution in [2.24, 2.45) is 0 Å². The molecule has 0 atom stereocenters. The van der Waals surface area contributed by atoms with Gasteiger partial charge < -0.3 is 14.6 Å². The molecular formula is C24H22F3N3O4. The van der Waals surface area contributed by atoms with Gasteiger partial charge in [-0.15, -0.1) is 13.2 Å². The van der Waals surface area contributed by atoms with E-state index in [0.717, 1.165) is 29.8 Å². The monoisotopic (exact) mass is 473 g/mol. The fourth-order valence-corrected chi connectivity index (χ4v) is 3.61. The topological polar surface area (TPSA) is 84.8 Å². The van der Waals surface area contributed by atoms with Crippen LogP contribution in [0.25, 0.3) is 11.4 Å². The van der Waals surface area contributed by atoms with Crippen LogP contribution < -0.4 is 9.47 Å². The lowest BCUT2D eigenvalue weighted by Crippen LogP contribution is -2.33. The van der Waals surface area contributed by atoms with Crippen LogP contribution >= 0.6 is 0 Å². The molecule has 2 aromatic carbocycles. The summed E-state index contributed by atoms with van der Waals surface area (Å²) in [6.45, 7) is 2.09. The normalized spacial score (nSPS) is 13.9. The van der Waals surface area contributed by atoms with Crippen LogP contribution in [0.5, 0.6) is 11.5 Å². The molecule has 0 radical (unpaired) electrons. The van der Waals surface area contributed by atoms with Crippen LogP contribution in [0.2, 0.25) is 0 Å². The van der Waals surface area contributed by atoms with E-state index < -0.39 is 12.3 Å². The summed E-state index contributed by atoms with van der Waals surface area (Å²) >= 11 is 0. The number of aromatic nitrogens is 2. The number of hydrogen-bond acceptors (Lipinski definition) is 6. The quantitative estimate of drug-likeness (QED) is 0.517. The molecule has 7 nitrogen and oxygen atoms in total. The van der Waals surface area contributed by atoms with Gasteiger partial charge in [-0.3, -0.25) is 9.69 Å². The van der Waals surface area contributed by atoms with E-state index in [1.54, 1.807) is 18.3 Å². The second kappa shape index (κ2) is 10.1. The molecule has 1 aliphatic rings. The van der Waals surface area contributed by atoms with Crippen LogP contribution in [0.3, 0.4) is 0 Å². The van der Waals surface area contributed by atoms with Gasteiger partial charge >= 0.3 is 12.3 Å². The minimum atomic E-state index is -4.72. The Morgan fingerprint density at radius 3 is 2.44 bits per heavy atom. The minimum Gasteiger partial charge on any atom is -0.489 e. The number of carbonyl (C=O) groups is 1. The largest absolute Gasteiger partial charge is 0.573 e. The summed E-state index contributed by atoms with van der Waals surface area (Å²) in [5.74, 6) is 0.118. The molecule has 0 unspecified atom stereocenters. The second-order valence-electron chi connectivity index (χ2n) is 7.84. The zero-order chi connectivity index (χ0) is 24.1. The molecule has 0 fully saturated rings. The van der Waals surface area contributed by atoms with Crippen LogP contribution in [-0.4, -0.2) is 45.4 Å². The van der Waals surface area contributed by atoms with Gasteiger partial charge in [-0.25, -0.2) is 9.97 Å². The van der Waals surface area contributed by atoms with Crippen LogP contribution in [0, 0.1) is 0 Å². The third-order valence-electron chi connectivity index (χ3n) is 5.33. The SMILES string of the molecule is O=C(O)CCN1CCc2nc(-c3ccc(OCc4ccc(OC(F)(F)F)cc4)cc3)ncc2C1. The predicted molar refractivity (Wildman–Crippen MR) is 116 cm³/mol. The van der Waals surface area contributed by atoms with Gasteiger partial charge in [0.25, 0.3) is 0 Å². The van der Waals surface area contributed by atoms with E-state index in [1.165, 1.54) is 24.3 Å². The molecule has 178 valence electrons. The molecule has 0 amide bonds. The number of hydrogen-bond donors (Lipinski definition) is 1. The van der Waals surface area contributed by atoms with E-state index in [4.69, 9.17) is 9.84 Å². The van der Waals surface area contributed by atoms with Gasteiger partial charge in [0.05, 0.1) is 12.1 Å². The molecule has 0 aliphatic carbocycles. The third kappa shape index (κ3) is 6.44. The van der Waals surface area contributed by atoms with Gasteiger partial charge in [-0.2, -0.15) is 0 Å². The Bertz CT molecular complexity index is 1140. The van der Waals surface area contributed by atoms with E-state index in [0.29, 0.717) is 30.2 Å². The van der Waals surface area contributed by atoms with Crippen molar-refractivity contribution in [2.75, 3.05) is 13.1 Å². The Kier molecular flexibility index (Phi) is 6.97. The molecule has 34 heavy (non-hydrogen) atoms. The van der Waals surface area contributed by atoms with Crippen LogP contribution in [0.1, 0.15) is 23.2 Å². The summed E-state index contributed by atoms with van der Waals surface area (Å²) in [7, 11) is 0. The number of nitrogens with zero attached hydrogens (tertiary/aromatic N) is 3. The summed E-state index contributed by atoms with van der Waals surface area (Å²) in [5, 5.41) is 8.86. The Morgan fingerprint density at radius 2 is 1.76 bits per heavy atom. The van der Waals surface area contributed by atoms with Gasteiger partial charge in [0.15, 0.2) is 5.82 Å². The Balaban J connectivity index is 1.33. The lowest BCUT2D eigenvalue weighted by Gasteiger charge is -2.27. The van der Waals surface area contributed by atoms with E-state index in [2.05, 4.69) is 19.6 Å². The molecule has 2 heterocycles. The Labute approximate surface area is 193 Å². The predicted octanol–water partition coefficient (Wildman–Crippen LogP) is 4.45. The Hall–Kier alpha value is -3.66. The molecule has 1 aromatic heterocycles. The molecule has 1 aliphatic heterocycles. The zero-order valence-corrected chi connectivity index (χ0v) is 18.1. The number of rotatable bonds is 8. The summed E-state index contributed by atoms with van der Waals surface area (Å²) in [5.41, 5.74) is 3.51. The summed E-state index contributed by atoms with van der Waals surface area (Å²) in [6, 6.07) is 12.8. The third-order valence-corrected chi connectivity index (χ3v) is 5.33. The van der Waals surface area contributed by atoms with Gasteiger partial charge in [-0.05, 0) is 42.0 Å². The number of carboxylic acid groups (broad SMARTS) is 1. The molecule has 0 saturated heterocycles. The molecular weight excluding hydrogens is 451 g/mol. The first-order valence-corrected chi connectivity index (χ1v) is 10.6. The van der Waals surface area contributed by atoms with E-state index in [9.17, 15) is 18.0 Å². The first-order valence-electron chi connectivity index (χ1n) is 10.6. The summed E-state index contributed by atoms with van der Waals surface area (Å²) in [6.07, 6.45) is -2.08. The maximum Gasteiger partial charge on any atom is 0.573 e. The molecule has 3 aromatic rings. The number of alkyl halides is 3. The number of ether oxygens (including phenoxy) is 2. The van der Waals surface area contributed by atoms with Crippen molar-refractivity contribution < 1.29 is 32.5 Å². The maximum atomic E-state index is 12.2. The smallest absolute Gasteiger partial charge is 0.489 e. The number of aliphatic carboxylic acids is 1. The van der Waals surface area contributed by atoms with E-state index in [-0.39, 0.29) is 18.8 Å². The van der Waals surface area contributed by atoms with E-state index >= 15 is 0 Å². The lowest BCUT2D eigenvalue weighted by molar-refractivity contribution is -0.274. The minimum absolute atomic E-state index is 0.112. The zero-order valence-electron chi connectivity index (χ0n) is 18.1. The van der Waals surface area contributed by atoms with Gasteiger partial charge in [0, 0.05) is 43.4 Å². The van der Waals surface area contributed by atoms with Crippen molar-refractivity contribution in [3.63, 3.8) is 0 Å². The van der Waals surface area contributed by atoms with Crippen LogP contribution in [-0.2, 0) is 24.4 Å². The molecule has 10 heteroatoms. The number of fused-ring (bicyclic) bond motifs is 1. The first kappa shape index (κ1) is 23.5. The molecule has 0 bridgehead atoms. The average molecular weight is 473 g/mol. The van der Waals surface area contributed by atoms with Crippen LogP contribution in [0.15, 0.2) is 54.7 Å².